The molecule has 0 fully saturated rings. The molecule has 152 valence electrons. The molecule has 3 aromatic carbocycles. The Hall–Kier alpha value is -3.64. The average Bonchev–Trinajstić information content (AvgIpc) is 2.79. The van der Waals surface area contributed by atoms with Crippen molar-refractivity contribution in [2.75, 3.05) is 14.2 Å². The number of hydrogen-bond acceptors (Lipinski definition) is 5. The van der Waals surface area contributed by atoms with Crippen LogP contribution in [0.25, 0.3) is 16.6 Å². The minimum Gasteiger partial charge on any atom is -0.493 e. The molecule has 4 rings (SSSR count). The number of aromatic nitrogens is 2. The molecule has 0 saturated carbocycles. The van der Waals surface area contributed by atoms with Gasteiger partial charge in [-0.2, -0.15) is 0 Å². The predicted octanol–water partition coefficient (Wildman–Crippen LogP) is 3.69. The van der Waals surface area contributed by atoms with E-state index in [1.807, 2.05) is 72.8 Å². The number of benzene rings is 3. The van der Waals surface area contributed by atoms with Crippen molar-refractivity contribution in [3.63, 3.8) is 0 Å². The highest BCUT2D eigenvalue weighted by atomic mass is 16.5. The molecule has 1 N–H and O–H groups in total. The maximum atomic E-state index is 13.2. The maximum Gasteiger partial charge on any atom is 0.266 e. The fourth-order valence-corrected chi connectivity index (χ4v) is 3.45. The van der Waals surface area contributed by atoms with E-state index in [4.69, 9.17) is 14.5 Å². The standard InChI is InChI=1S/C24H23N3O3/c1-29-21-13-12-17(14-22(21)30-2)15-25-16-23-26-20-11-7-6-10-19(20)24(28)27(23)18-8-4-3-5-9-18/h3-14,25H,15-16H2,1-2H3. The Morgan fingerprint density at radius 3 is 2.37 bits per heavy atom. The molecule has 6 nitrogen and oxygen atoms in total. The summed E-state index contributed by atoms with van der Waals surface area (Å²) in [5, 5.41) is 3.99. The van der Waals surface area contributed by atoms with Crippen molar-refractivity contribution in [3.05, 3.63) is 94.5 Å². The topological polar surface area (TPSA) is 65.4 Å². The van der Waals surface area contributed by atoms with E-state index in [0.29, 0.717) is 41.3 Å². The first kappa shape index (κ1) is 19.7. The van der Waals surface area contributed by atoms with Crippen LogP contribution >= 0.6 is 0 Å². The van der Waals surface area contributed by atoms with Crippen molar-refractivity contribution < 1.29 is 9.47 Å². The van der Waals surface area contributed by atoms with Gasteiger partial charge >= 0.3 is 0 Å². The Morgan fingerprint density at radius 1 is 0.867 bits per heavy atom. The van der Waals surface area contributed by atoms with Crippen LogP contribution in [0, 0.1) is 0 Å². The van der Waals surface area contributed by atoms with Crippen LogP contribution in [0.2, 0.25) is 0 Å². The molecule has 0 unspecified atom stereocenters. The van der Waals surface area contributed by atoms with E-state index in [-0.39, 0.29) is 5.56 Å². The molecular weight excluding hydrogens is 378 g/mol. The molecule has 0 radical (unpaired) electrons. The lowest BCUT2D eigenvalue weighted by Gasteiger charge is -2.15. The van der Waals surface area contributed by atoms with Gasteiger partial charge in [-0.05, 0) is 42.0 Å². The summed E-state index contributed by atoms with van der Waals surface area (Å²) < 4.78 is 12.3. The van der Waals surface area contributed by atoms with Gasteiger partial charge in [0.2, 0.25) is 0 Å². The molecule has 0 aliphatic rings. The summed E-state index contributed by atoms with van der Waals surface area (Å²) in [6.45, 7) is 1.03. The second kappa shape index (κ2) is 8.80. The van der Waals surface area contributed by atoms with Gasteiger partial charge in [0.1, 0.15) is 5.82 Å². The Labute approximate surface area is 174 Å². The third-order valence-corrected chi connectivity index (χ3v) is 4.92. The summed E-state index contributed by atoms with van der Waals surface area (Å²) >= 11 is 0. The maximum absolute atomic E-state index is 13.2. The number of nitrogens with zero attached hydrogens (tertiary/aromatic N) is 2. The molecule has 30 heavy (non-hydrogen) atoms. The summed E-state index contributed by atoms with van der Waals surface area (Å²) in [5.41, 5.74) is 2.46. The van der Waals surface area contributed by atoms with Crippen molar-refractivity contribution in [1.29, 1.82) is 0 Å². The van der Waals surface area contributed by atoms with Crippen LogP contribution < -0.4 is 20.3 Å². The fourth-order valence-electron chi connectivity index (χ4n) is 3.45. The van der Waals surface area contributed by atoms with Crippen molar-refractivity contribution in [3.8, 4) is 17.2 Å². The van der Waals surface area contributed by atoms with Gasteiger partial charge < -0.3 is 14.8 Å². The minimum atomic E-state index is -0.0743. The molecule has 0 atom stereocenters. The van der Waals surface area contributed by atoms with Gasteiger partial charge in [-0.3, -0.25) is 9.36 Å². The summed E-state index contributed by atoms with van der Waals surface area (Å²) in [6.07, 6.45) is 0. The molecule has 1 heterocycles. The number of para-hydroxylation sites is 2. The van der Waals surface area contributed by atoms with Gasteiger partial charge in [-0.25, -0.2) is 4.98 Å². The minimum absolute atomic E-state index is 0.0743. The Kier molecular flexibility index (Phi) is 5.77. The van der Waals surface area contributed by atoms with Gasteiger partial charge in [0.05, 0.1) is 37.4 Å². The summed E-state index contributed by atoms with van der Waals surface area (Å²) in [4.78, 5) is 18.0. The number of nitrogens with one attached hydrogen (secondary N) is 1. The predicted molar refractivity (Wildman–Crippen MR) is 117 cm³/mol. The quantitative estimate of drug-likeness (QED) is 0.512. The zero-order valence-corrected chi connectivity index (χ0v) is 17.0. The highest BCUT2D eigenvalue weighted by Gasteiger charge is 2.12. The number of methoxy groups -OCH3 is 2. The van der Waals surface area contributed by atoms with Gasteiger partial charge in [-0.1, -0.05) is 36.4 Å². The lowest BCUT2D eigenvalue weighted by atomic mass is 10.2. The molecule has 6 heteroatoms. The number of rotatable bonds is 7. The molecule has 0 spiro atoms. The average molecular weight is 401 g/mol. The second-order valence-electron chi connectivity index (χ2n) is 6.81. The highest BCUT2D eigenvalue weighted by Crippen LogP contribution is 2.27. The summed E-state index contributed by atoms with van der Waals surface area (Å²) in [6, 6.07) is 22.8. The van der Waals surface area contributed by atoms with Crippen LogP contribution in [0.4, 0.5) is 0 Å². The van der Waals surface area contributed by atoms with E-state index in [1.54, 1.807) is 18.8 Å². The Bertz CT molecular complexity index is 1220. The molecule has 0 aliphatic carbocycles. The zero-order valence-electron chi connectivity index (χ0n) is 17.0. The van der Waals surface area contributed by atoms with E-state index in [9.17, 15) is 4.79 Å². The first-order chi connectivity index (χ1) is 14.7. The van der Waals surface area contributed by atoms with Crippen LogP contribution in [0.5, 0.6) is 11.5 Å². The second-order valence-corrected chi connectivity index (χ2v) is 6.81. The lowest BCUT2D eigenvalue weighted by Crippen LogP contribution is -2.27. The molecular formula is C24H23N3O3. The monoisotopic (exact) mass is 401 g/mol. The van der Waals surface area contributed by atoms with Crippen molar-refractivity contribution in [2.45, 2.75) is 13.1 Å². The van der Waals surface area contributed by atoms with Gasteiger partial charge in [0, 0.05) is 6.54 Å². The van der Waals surface area contributed by atoms with Crippen LogP contribution in [0.1, 0.15) is 11.4 Å². The smallest absolute Gasteiger partial charge is 0.266 e. The summed E-state index contributed by atoms with van der Waals surface area (Å²) in [5.74, 6) is 2.03. The first-order valence-electron chi connectivity index (χ1n) is 9.69. The molecule has 0 aliphatic heterocycles. The molecule has 0 bridgehead atoms. The Balaban J connectivity index is 1.65. The fraction of sp³-hybridized carbons (Fsp3) is 0.167. The van der Waals surface area contributed by atoms with E-state index >= 15 is 0 Å². The largest absolute Gasteiger partial charge is 0.493 e. The van der Waals surface area contributed by atoms with Crippen molar-refractivity contribution in [1.82, 2.24) is 14.9 Å². The van der Waals surface area contributed by atoms with Crippen LogP contribution in [-0.2, 0) is 13.1 Å². The van der Waals surface area contributed by atoms with Crippen LogP contribution in [0.3, 0.4) is 0 Å². The SMILES string of the molecule is COc1ccc(CNCc2nc3ccccc3c(=O)n2-c2ccccc2)cc1OC. The molecule has 0 amide bonds. The normalized spacial score (nSPS) is 10.9. The first-order valence-corrected chi connectivity index (χ1v) is 9.69. The third-order valence-electron chi connectivity index (χ3n) is 4.92. The highest BCUT2D eigenvalue weighted by molar-refractivity contribution is 5.77. The summed E-state index contributed by atoms with van der Waals surface area (Å²) in [7, 11) is 3.23. The van der Waals surface area contributed by atoms with E-state index < -0.39 is 0 Å². The molecule has 0 saturated heterocycles. The van der Waals surface area contributed by atoms with Gasteiger partial charge in [0.25, 0.3) is 5.56 Å². The van der Waals surface area contributed by atoms with Gasteiger partial charge in [-0.15, -0.1) is 0 Å². The van der Waals surface area contributed by atoms with Gasteiger partial charge in [0.15, 0.2) is 11.5 Å². The Morgan fingerprint density at radius 2 is 1.60 bits per heavy atom. The number of hydrogen-bond donors (Lipinski definition) is 1. The molecule has 4 aromatic rings. The molecule has 1 aromatic heterocycles. The lowest BCUT2D eigenvalue weighted by molar-refractivity contribution is 0.354. The number of ether oxygens (including phenoxy) is 2. The third kappa shape index (κ3) is 3.90. The number of fused-ring (bicyclic) bond motifs is 1. The van der Waals surface area contributed by atoms with Crippen LogP contribution in [0.15, 0.2) is 77.6 Å². The van der Waals surface area contributed by atoms with E-state index in [0.717, 1.165) is 11.3 Å². The van der Waals surface area contributed by atoms with Crippen molar-refractivity contribution >= 4 is 10.9 Å². The van der Waals surface area contributed by atoms with E-state index in [1.165, 1.54) is 0 Å². The van der Waals surface area contributed by atoms with Crippen molar-refractivity contribution in [2.24, 2.45) is 0 Å². The van der Waals surface area contributed by atoms with E-state index in [2.05, 4.69) is 5.32 Å². The van der Waals surface area contributed by atoms with Crippen LogP contribution in [-0.4, -0.2) is 23.8 Å². The zero-order chi connectivity index (χ0) is 20.9.